The predicted molar refractivity (Wildman–Crippen MR) is 76.8 cm³/mol. The zero-order valence-electron chi connectivity index (χ0n) is 12.2. The minimum atomic E-state index is -1.06. The zero-order valence-corrected chi connectivity index (χ0v) is 12.2. The molecule has 0 saturated carbocycles. The molecule has 2 N–H and O–H groups in total. The first-order chi connectivity index (χ1) is 9.40. The second-order valence-corrected chi connectivity index (χ2v) is 5.43. The third-order valence-electron chi connectivity index (χ3n) is 3.04. The molecule has 1 heterocycles. The first-order valence-corrected chi connectivity index (χ1v) is 6.90. The van der Waals surface area contributed by atoms with Gasteiger partial charge in [-0.2, -0.15) is 0 Å². The highest BCUT2D eigenvalue weighted by molar-refractivity contribution is 5.95. The number of nitrogens with zero attached hydrogens (tertiary/aromatic N) is 1. The zero-order chi connectivity index (χ0) is 15.1. The minimum absolute atomic E-state index is 0.0523. The van der Waals surface area contributed by atoms with Gasteiger partial charge in [0.05, 0.1) is 5.56 Å². The largest absolute Gasteiger partial charge is 0.478 e. The molecule has 0 aromatic carbocycles. The average Bonchev–Trinajstić information content (AvgIpc) is 2.38. The Balaban J connectivity index is 2.53. The lowest BCUT2D eigenvalue weighted by Gasteiger charge is -2.14. The van der Waals surface area contributed by atoms with E-state index >= 15 is 0 Å². The highest BCUT2D eigenvalue weighted by Gasteiger charge is 2.13. The predicted octanol–water partition coefficient (Wildman–Crippen LogP) is 2.72. The molecule has 0 aliphatic carbocycles. The van der Waals surface area contributed by atoms with Crippen molar-refractivity contribution >= 4 is 11.9 Å². The Kier molecular flexibility index (Phi) is 6.15. The van der Waals surface area contributed by atoms with Crippen molar-refractivity contribution in [1.29, 1.82) is 0 Å². The number of carboxylic acid groups (broad SMARTS) is 1. The number of amides is 1. The van der Waals surface area contributed by atoms with Crippen LogP contribution in [0, 0.1) is 5.92 Å². The molecular formula is C15H22N2O3. The molecule has 1 aromatic heterocycles. The van der Waals surface area contributed by atoms with Gasteiger partial charge in [0.15, 0.2) is 0 Å². The maximum Gasteiger partial charge on any atom is 0.335 e. The fourth-order valence-corrected chi connectivity index (χ4v) is 1.89. The van der Waals surface area contributed by atoms with Crippen LogP contribution in [0.2, 0.25) is 0 Å². The lowest BCUT2D eigenvalue weighted by atomic mass is 10.0. The molecule has 20 heavy (non-hydrogen) atoms. The van der Waals surface area contributed by atoms with Crippen molar-refractivity contribution in [2.75, 3.05) is 0 Å². The molecule has 1 unspecified atom stereocenters. The topological polar surface area (TPSA) is 79.3 Å². The summed E-state index contributed by atoms with van der Waals surface area (Å²) < 4.78 is 0. The highest BCUT2D eigenvalue weighted by atomic mass is 16.4. The van der Waals surface area contributed by atoms with E-state index in [1.54, 1.807) is 0 Å². The van der Waals surface area contributed by atoms with Gasteiger partial charge in [-0.3, -0.25) is 9.78 Å². The SMILES string of the molecule is CC(C)CCCC(C)NC(=O)c1cc(C(=O)O)ccn1. The summed E-state index contributed by atoms with van der Waals surface area (Å²) in [6.45, 7) is 6.29. The van der Waals surface area contributed by atoms with Gasteiger partial charge in [-0.25, -0.2) is 4.79 Å². The second-order valence-electron chi connectivity index (χ2n) is 5.43. The first-order valence-electron chi connectivity index (χ1n) is 6.90. The molecule has 110 valence electrons. The number of carbonyl (C=O) groups is 2. The van der Waals surface area contributed by atoms with Gasteiger partial charge in [-0.15, -0.1) is 0 Å². The Morgan fingerprint density at radius 1 is 1.30 bits per heavy atom. The summed E-state index contributed by atoms with van der Waals surface area (Å²) in [7, 11) is 0. The van der Waals surface area contributed by atoms with Crippen molar-refractivity contribution in [2.24, 2.45) is 5.92 Å². The van der Waals surface area contributed by atoms with Gasteiger partial charge in [-0.1, -0.05) is 26.7 Å². The van der Waals surface area contributed by atoms with Gasteiger partial charge < -0.3 is 10.4 Å². The Bertz CT molecular complexity index is 472. The van der Waals surface area contributed by atoms with Crippen molar-refractivity contribution < 1.29 is 14.7 Å². The molecule has 0 aliphatic heterocycles. The standard InChI is InChI=1S/C15H22N2O3/c1-10(2)5-4-6-11(3)17-14(18)13-9-12(15(19)20)7-8-16-13/h7-11H,4-6H2,1-3H3,(H,17,18)(H,19,20). The van der Waals surface area contributed by atoms with Gasteiger partial charge in [0.1, 0.15) is 5.69 Å². The summed E-state index contributed by atoms with van der Waals surface area (Å²) in [5.74, 6) is -0.733. The van der Waals surface area contributed by atoms with E-state index in [4.69, 9.17) is 5.11 Å². The van der Waals surface area contributed by atoms with Crippen molar-refractivity contribution in [3.63, 3.8) is 0 Å². The lowest BCUT2D eigenvalue weighted by molar-refractivity contribution is 0.0696. The van der Waals surface area contributed by atoms with Gasteiger partial charge >= 0.3 is 5.97 Å². The fraction of sp³-hybridized carbons (Fsp3) is 0.533. The number of carboxylic acids is 1. The van der Waals surface area contributed by atoms with Gasteiger partial charge in [0, 0.05) is 12.2 Å². The molecule has 0 fully saturated rings. The van der Waals surface area contributed by atoms with Crippen molar-refractivity contribution in [1.82, 2.24) is 10.3 Å². The van der Waals surface area contributed by atoms with Crippen LogP contribution in [0.5, 0.6) is 0 Å². The Labute approximate surface area is 119 Å². The molecule has 1 aromatic rings. The summed E-state index contributed by atoms with van der Waals surface area (Å²) in [6.07, 6.45) is 4.43. The van der Waals surface area contributed by atoms with Crippen LogP contribution >= 0.6 is 0 Å². The molecule has 0 spiro atoms. The molecule has 5 nitrogen and oxygen atoms in total. The van der Waals surface area contributed by atoms with E-state index in [9.17, 15) is 9.59 Å². The van der Waals surface area contributed by atoms with Crippen molar-refractivity contribution in [3.05, 3.63) is 29.6 Å². The summed E-state index contributed by atoms with van der Waals surface area (Å²) in [5.41, 5.74) is 0.207. The maximum absolute atomic E-state index is 12.0. The fourth-order valence-electron chi connectivity index (χ4n) is 1.89. The van der Waals surface area contributed by atoms with Crippen LogP contribution in [0.15, 0.2) is 18.3 Å². The molecule has 1 amide bonds. The number of carbonyl (C=O) groups excluding carboxylic acids is 1. The van der Waals surface area contributed by atoms with Crippen LogP contribution in [0.4, 0.5) is 0 Å². The molecular weight excluding hydrogens is 256 g/mol. The minimum Gasteiger partial charge on any atom is -0.478 e. The number of aromatic nitrogens is 1. The van der Waals surface area contributed by atoms with E-state index in [1.807, 2.05) is 6.92 Å². The normalized spacial score (nSPS) is 12.2. The third kappa shape index (κ3) is 5.38. The van der Waals surface area contributed by atoms with E-state index in [0.29, 0.717) is 5.92 Å². The van der Waals surface area contributed by atoms with E-state index in [0.717, 1.165) is 19.3 Å². The van der Waals surface area contributed by atoms with Crippen LogP contribution in [-0.4, -0.2) is 28.0 Å². The molecule has 0 saturated heterocycles. The number of nitrogens with one attached hydrogen (secondary N) is 1. The summed E-state index contributed by atoms with van der Waals surface area (Å²) >= 11 is 0. The molecule has 5 heteroatoms. The van der Waals surface area contributed by atoms with Crippen LogP contribution in [0.3, 0.4) is 0 Å². The molecule has 0 bridgehead atoms. The molecule has 1 atom stereocenters. The van der Waals surface area contributed by atoms with Crippen LogP contribution < -0.4 is 5.32 Å². The van der Waals surface area contributed by atoms with E-state index in [-0.39, 0.29) is 23.2 Å². The smallest absolute Gasteiger partial charge is 0.335 e. The van der Waals surface area contributed by atoms with Crippen LogP contribution in [-0.2, 0) is 0 Å². The number of pyridine rings is 1. The summed E-state index contributed by atoms with van der Waals surface area (Å²) in [5, 5.41) is 11.7. The van der Waals surface area contributed by atoms with Gasteiger partial charge in [-0.05, 0) is 31.4 Å². The van der Waals surface area contributed by atoms with Crippen LogP contribution in [0.25, 0.3) is 0 Å². The van der Waals surface area contributed by atoms with Crippen molar-refractivity contribution in [2.45, 2.75) is 46.1 Å². The summed E-state index contributed by atoms with van der Waals surface area (Å²) in [6, 6.07) is 2.71. The molecule has 0 radical (unpaired) electrons. The Hall–Kier alpha value is -1.91. The van der Waals surface area contributed by atoms with E-state index in [2.05, 4.69) is 24.1 Å². The average molecular weight is 278 g/mol. The second kappa shape index (κ2) is 7.62. The third-order valence-corrected chi connectivity index (χ3v) is 3.04. The Morgan fingerprint density at radius 2 is 2.00 bits per heavy atom. The van der Waals surface area contributed by atoms with Crippen LogP contribution in [0.1, 0.15) is 60.9 Å². The summed E-state index contributed by atoms with van der Waals surface area (Å²) in [4.78, 5) is 26.7. The van der Waals surface area contributed by atoms with E-state index in [1.165, 1.54) is 18.3 Å². The monoisotopic (exact) mass is 278 g/mol. The Morgan fingerprint density at radius 3 is 2.60 bits per heavy atom. The first kappa shape index (κ1) is 16.1. The number of rotatable bonds is 7. The lowest BCUT2D eigenvalue weighted by Crippen LogP contribution is -2.33. The molecule has 1 rings (SSSR count). The number of hydrogen-bond acceptors (Lipinski definition) is 3. The van der Waals surface area contributed by atoms with Crippen molar-refractivity contribution in [3.8, 4) is 0 Å². The van der Waals surface area contributed by atoms with E-state index < -0.39 is 5.97 Å². The number of aromatic carboxylic acids is 1. The number of hydrogen-bond donors (Lipinski definition) is 2. The van der Waals surface area contributed by atoms with Gasteiger partial charge in [0.2, 0.25) is 0 Å². The quantitative estimate of drug-likeness (QED) is 0.803. The molecule has 0 aliphatic rings. The highest BCUT2D eigenvalue weighted by Crippen LogP contribution is 2.09. The van der Waals surface area contributed by atoms with Gasteiger partial charge in [0.25, 0.3) is 5.91 Å². The maximum atomic E-state index is 12.0.